The summed E-state index contributed by atoms with van der Waals surface area (Å²) in [4.78, 5) is 11.9. The van der Waals surface area contributed by atoms with Crippen LogP contribution in [0.4, 0.5) is 5.69 Å². The second kappa shape index (κ2) is 8.43. The lowest BCUT2D eigenvalue weighted by Crippen LogP contribution is -2.29. The number of benzene rings is 2. The molecule has 6 heteroatoms. The molecule has 0 aliphatic rings. The molecule has 0 saturated carbocycles. The van der Waals surface area contributed by atoms with E-state index in [9.17, 15) is 4.79 Å². The normalized spacial score (nSPS) is 10.0. The Morgan fingerprint density at radius 1 is 1.09 bits per heavy atom. The summed E-state index contributed by atoms with van der Waals surface area (Å²) in [5.74, 6) is 1.23. The number of carbonyl (C=O) groups excluding carboxylic acids is 1. The van der Waals surface area contributed by atoms with Crippen molar-refractivity contribution in [2.75, 3.05) is 26.1 Å². The molecular formula is C17H19BrN2O3. The third kappa shape index (κ3) is 5.17. The third-order valence-corrected chi connectivity index (χ3v) is 3.71. The number of ether oxygens (including phenoxy) is 2. The zero-order valence-electron chi connectivity index (χ0n) is 13.1. The molecule has 0 saturated heterocycles. The highest BCUT2D eigenvalue weighted by Gasteiger charge is 2.06. The number of rotatable bonds is 7. The molecule has 122 valence electrons. The average molecular weight is 379 g/mol. The molecule has 0 unspecified atom stereocenters. The van der Waals surface area contributed by atoms with Crippen LogP contribution >= 0.6 is 15.9 Å². The Balaban J connectivity index is 1.84. The van der Waals surface area contributed by atoms with Crippen LogP contribution in [0.15, 0.2) is 46.9 Å². The van der Waals surface area contributed by atoms with Gasteiger partial charge in [0.1, 0.15) is 0 Å². The topological polar surface area (TPSA) is 59.6 Å². The number of hydrogen-bond donors (Lipinski definition) is 2. The molecule has 0 aromatic heterocycles. The Hall–Kier alpha value is -2.21. The molecule has 23 heavy (non-hydrogen) atoms. The highest BCUT2D eigenvalue weighted by molar-refractivity contribution is 9.10. The van der Waals surface area contributed by atoms with Gasteiger partial charge in [-0.3, -0.25) is 4.79 Å². The molecular weight excluding hydrogens is 360 g/mol. The van der Waals surface area contributed by atoms with Crippen LogP contribution < -0.4 is 20.1 Å². The summed E-state index contributed by atoms with van der Waals surface area (Å²) in [5.41, 5.74) is 1.83. The van der Waals surface area contributed by atoms with Crippen LogP contribution in [0.3, 0.4) is 0 Å². The molecule has 0 radical (unpaired) electrons. The van der Waals surface area contributed by atoms with Gasteiger partial charge in [-0.05, 0) is 35.9 Å². The Labute approximate surface area is 144 Å². The quantitative estimate of drug-likeness (QED) is 0.776. The number of amides is 1. The third-order valence-electron chi connectivity index (χ3n) is 3.22. The van der Waals surface area contributed by atoms with Gasteiger partial charge in [0.15, 0.2) is 11.5 Å². The Kier molecular flexibility index (Phi) is 6.29. The minimum Gasteiger partial charge on any atom is -0.493 e. The summed E-state index contributed by atoms with van der Waals surface area (Å²) in [6.45, 7) is 0.642. The molecule has 2 aromatic carbocycles. The molecule has 2 N–H and O–H groups in total. The first-order valence-corrected chi connectivity index (χ1v) is 7.88. The lowest BCUT2D eigenvalue weighted by atomic mass is 10.2. The Bertz CT molecular complexity index is 677. The van der Waals surface area contributed by atoms with E-state index in [1.54, 1.807) is 14.2 Å². The number of halogens is 1. The van der Waals surface area contributed by atoms with Crippen LogP contribution in [0.5, 0.6) is 11.5 Å². The van der Waals surface area contributed by atoms with E-state index in [1.807, 2.05) is 42.5 Å². The van der Waals surface area contributed by atoms with Crippen molar-refractivity contribution in [2.45, 2.75) is 6.54 Å². The maximum Gasteiger partial charge on any atom is 0.239 e. The summed E-state index contributed by atoms with van der Waals surface area (Å²) >= 11 is 3.39. The first-order valence-electron chi connectivity index (χ1n) is 7.09. The molecule has 0 fully saturated rings. The molecule has 2 rings (SSSR count). The van der Waals surface area contributed by atoms with Gasteiger partial charge in [-0.25, -0.2) is 0 Å². The highest BCUT2D eigenvalue weighted by Crippen LogP contribution is 2.27. The van der Waals surface area contributed by atoms with E-state index in [1.165, 1.54) is 0 Å². The molecule has 0 heterocycles. The first kappa shape index (κ1) is 17.1. The fourth-order valence-electron chi connectivity index (χ4n) is 2.03. The van der Waals surface area contributed by atoms with E-state index in [0.29, 0.717) is 18.0 Å². The Morgan fingerprint density at radius 3 is 2.57 bits per heavy atom. The minimum atomic E-state index is -0.0836. The number of anilines is 1. The second-order valence-electron chi connectivity index (χ2n) is 4.83. The fourth-order valence-corrected chi connectivity index (χ4v) is 2.43. The van der Waals surface area contributed by atoms with Crippen LogP contribution in [-0.4, -0.2) is 26.7 Å². The molecule has 1 amide bonds. The highest BCUT2D eigenvalue weighted by atomic mass is 79.9. The van der Waals surface area contributed by atoms with Gasteiger partial charge >= 0.3 is 0 Å². The Morgan fingerprint density at radius 2 is 1.87 bits per heavy atom. The predicted octanol–water partition coefficient (Wildman–Crippen LogP) is 3.19. The molecule has 0 bridgehead atoms. The maximum atomic E-state index is 11.9. The van der Waals surface area contributed by atoms with Gasteiger partial charge in [-0.15, -0.1) is 0 Å². The van der Waals surface area contributed by atoms with Gasteiger partial charge < -0.3 is 20.1 Å². The monoisotopic (exact) mass is 378 g/mol. The van der Waals surface area contributed by atoms with Crippen LogP contribution in [0.2, 0.25) is 0 Å². The molecule has 0 spiro atoms. The molecule has 0 atom stereocenters. The van der Waals surface area contributed by atoms with E-state index >= 15 is 0 Å². The summed E-state index contributed by atoms with van der Waals surface area (Å²) in [6, 6.07) is 13.2. The van der Waals surface area contributed by atoms with Crippen molar-refractivity contribution in [2.24, 2.45) is 0 Å². The van der Waals surface area contributed by atoms with Gasteiger partial charge in [0.05, 0.1) is 20.8 Å². The lowest BCUT2D eigenvalue weighted by molar-refractivity contribution is -0.119. The van der Waals surface area contributed by atoms with Gasteiger partial charge in [-0.2, -0.15) is 0 Å². The minimum absolute atomic E-state index is 0.0836. The van der Waals surface area contributed by atoms with Crippen LogP contribution in [0.1, 0.15) is 5.56 Å². The molecule has 0 aliphatic heterocycles. The van der Waals surface area contributed by atoms with Crippen molar-refractivity contribution >= 4 is 27.5 Å². The SMILES string of the molecule is COc1ccc(CNC(=O)CNc2cccc(Br)c2)cc1OC. The number of methoxy groups -OCH3 is 2. The van der Waals surface area contributed by atoms with Crippen LogP contribution in [-0.2, 0) is 11.3 Å². The van der Waals surface area contributed by atoms with E-state index in [0.717, 1.165) is 15.7 Å². The fraction of sp³-hybridized carbons (Fsp3) is 0.235. The van der Waals surface area contributed by atoms with Crippen LogP contribution in [0, 0.1) is 0 Å². The number of carbonyl (C=O) groups is 1. The summed E-state index contributed by atoms with van der Waals surface area (Å²) < 4.78 is 11.4. The molecule has 2 aromatic rings. The molecule has 5 nitrogen and oxygen atoms in total. The van der Waals surface area contributed by atoms with Crippen molar-refractivity contribution in [1.82, 2.24) is 5.32 Å². The van der Waals surface area contributed by atoms with Gasteiger partial charge in [0.2, 0.25) is 5.91 Å². The van der Waals surface area contributed by atoms with Crippen LogP contribution in [0.25, 0.3) is 0 Å². The lowest BCUT2D eigenvalue weighted by Gasteiger charge is -2.11. The van der Waals surface area contributed by atoms with Gasteiger partial charge in [0, 0.05) is 16.7 Å². The average Bonchev–Trinajstić information content (AvgIpc) is 2.57. The van der Waals surface area contributed by atoms with Gasteiger partial charge in [0.25, 0.3) is 0 Å². The maximum absolute atomic E-state index is 11.9. The van der Waals surface area contributed by atoms with E-state index in [2.05, 4.69) is 26.6 Å². The van der Waals surface area contributed by atoms with E-state index in [-0.39, 0.29) is 12.5 Å². The summed E-state index contributed by atoms with van der Waals surface area (Å²) in [6.07, 6.45) is 0. The summed E-state index contributed by atoms with van der Waals surface area (Å²) in [7, 11) is 3.18. The number of hydrogen-bond acceptors (Lipinski definition) is 4. The zero-order valence-corrected chi connectivity index (χ0v) is 14.6. The zero-order chi connectivity index (χ0) is 16.7. The first-order chi connectivity index (χ1) is 11.1. The standard InChI is InChI=1S/C17H19BrN2O3/c1-22-15-7-6-12(8-16(15)23-2)10-20-17(21)11-19-14-5-3-4-13(18)9-14/h3-9,19H,10-11H2,1-2H3,(H,20,21). The number of nitrogens with one attached hydrogen (secondary N) is 2. The van der Waals surface area contributed by atoms with E-state index < -0.39 is 0 Å². The smallest absolute Gasteiger partial charge is 0.239 e. The van der Waals surface area contributed by atoms with Crippen molar-refractivity contribution in [3.05, 3.63) is 52.5 Å². The van der Waals surface area contributed by atoms with Gasteiger partial charge in [-0.1, -0.05) is 28.1 Å². The van der Waals surface area contributed by atoms with Crippen molar-refractivity contribution < 1.29 is 14.3 Å². The summed E-state index contributed by atoms with van der Waals surface area (Å²) in [5, 5.41) is 5.94. The second-order valence-corrected chi connectivity index (χ2v) is 5.75. The predicted molar refractivity (Wildman–Crippen MR) is 94.0 cm³/mol. The van der Waals surface area contributed by atoms with Crippen molar-refractivity contribution in [1.29, 1.82) is 0 Å². The van der Waals surface area contributed by atoms with E-state index in [4.69, 9.17) is 9.47 Å². The largest absolute Gasteiger partial charge is 0.493 e. The van der Waals surface area contributed by atoms with Crippen molar-refractivity contribution in [3.63, 3.8) is 0 Å². The molecule has 0 aliphatic carbocycles. The van der Waals surface area contributed by atoms with Crippen molar-refractivity contribution in [3.8, 4) is 11.5 Å².